The Morgan fingerprint density at radius 1 is 1.00 bits per heavy atom. The molecule has 7 heteroatoms. The smallest absolute Gasteiger partial charge is 0.182 e. The van der Waals surface area contributed by atoms with Gasteiger partial charge in [0.1, 0.15) is 23.9 Å². The van der Waals surface area contributed by atoms with E-state index in [0.29, 0.717) is 29.0 Å². The number of nitrogens with zero attached hydrogens (tertiary/aromatic N) is 1. The van der Waals surface area contributed by atoms with Gasteiger partial charge in [-0.2, -0.15) is 0 Å². The van der Waals surface area contributed by atoms with Gasteiger partial charge in [-0.15, -0.1) is 11.8 Å². The Morgan fingerprint density at radius 2 is 1.64 bits per heavy atom. The monoisotopic (exact) mass is 513 g/mol. The van der Waals surface area contributed by atoms with Crippen LogP contribution in [0.4, 0.5) is 4.39 Å². The van der Waals surface area contributed by atoms with Crippen molar-refractivity contribution in [3.8, 4) is 23.0 Å². The van der Waals surface area contributed by atoms with Crippen LogP contribution < -0.4 is 9.47 Å². The number of benzene rings is 3. The van der Waals surface area contributed by atoms with Crippen molar-refractivity contribution in [1.29, 1.82) is 0 Å². The van der Waals surface area contributed by atoms with E-state index in [2.05, 4.69) is 18.7 Å². The molecule has 2 aliphatic heterocycles. The highest BCUT2D eigenvalue weighted by Gasteiger charge is 2.20. The molecule has 0 unspecified atom stereocenters. The van der Waals surface area contributed by atoms with Crippen LogP contribution in [-0.2, 0) is 0 Å². The van der Waals surface area contributed by atoms with E-state index in [-0.39, 0.29) is 5.75 Å². The fourth-order valence-corrected chi connectivity index (χ4v) is 4.68. The van der Waals surface area contributed by atoms with Crippen LogP contribution in [0.25, 0.3) is 0 Å². The van der Waals surface area contributed by atoms with Crippen LogP contribution in [0.5, 0.6) is 23.0 Å². The maximum atomic E-state index is 13.1. The van der Waals surface area contributed by atoms with Crippen LogP contribution in [0.1, 0.15) is 26.7 Å². The Kier molecular flexibility index (Phi) is 11.2. The Hall–Kier alpha value is -2.90. The highest BCUT2D eigenvalue weighted by atomic mass is 32.2. The molecular weight excluding hydrogens is 477 g/mol. The molecule has 0 saturated carbocycles. The molecule has 36 heavy (non-hydrogen) atoms. The standard InChI is InChI=1S/C15H23NO.C8H7FO2S.C6H6O/c1-13-8-10-16(11-9-13)14(2)12-17-15-6-4-3-5-7-15;9-7-5(10)1-2-6-8(7)12-4-3-11-6;7-6-4-2-1-3-5-6/h3-7,13-14H,8-12H2,1-2H3;1-2,10H,3-4H2;1-5,7H/t14-;;/m0../s1. The number of hydrogen-bond acceptors (Lipinski definition) is 6. The SMILES string of the molecule is CC1CCN([C@@H](C)COc2ccccc2)CC1.Oc1ccc2c(c1F)SCCO2.Oc1ccccc1. The van der Waals surface area contributed by atoms with Gasteiger partial charge in [0, 0.05) is 11.8 Å². The van der Waals surface area contributed by atoms with E-state index in [0.717, 1.165) is 24.0 Å². The van der Waals surface area contributed by atoms with E-state index in [1.807, 2.05) is 36.4 Å². The van der Waals surface area contributed by atoms with E-state index in [9.17, 15) is 4.39 Å². The first-order chi connectivity index (χ1) is 17.4. The third-order valence-corrected chi connectivity index (χ3v) is 7.10. The molecular formula is C29H36FNO4S. The minimum atomic E-state index is -0.572. The Morgan fingerprint density at radius 3 is 2.25 bits per heavy atom. The zero-order valence-electron chi connectivity index (χ0n) is 21.0. The Bertz CT molecular complexity index is 1030. The van der Waals surface area contributed by atoms with Gasteiger partial charge in [0.15, 0.2) is 11.6 Å². The molecule has 1 fully saturated rings. The molecule has 0 spiro atoms. The van der Waals surface area contributed by atoms with Crippen LogP contribution in [-0.4, -0.2) is 53.2 Å². The highest BCUT2D eigenvalue weighted by molar-refractivity contribution is 7.99. The molecule has 3 aromatic carbocycles. The van der Waals surface area contributed by atoms with Gasteiger partial charge in [-0.25, -0.2) is 4.39 Å². The molecule has 0 aliphatic carbocycles. The topological polar surface area (TPSA) is 62.2 Å². The van der Waals surface area contributed by atoms with Crippen molar-refractivity contribution in [1.82, 2.24) is 4.90 Å². The second-order valence-corrected chi connectivity index (χ2v) is 10.1. The fraction of sp³-hybridized carbons (Fsp3) is 0.379. The number of likely N-dealkylation sites (tertiary alicyclic amines) is 1. The minimum Gasteiger partial charge on any atom is -0.508 e. The summed E-state index contributed by atoms with van der Waals surface area (Å²) in [5.74, 6) is 2.57. The molecule has 0 amide bonds. The molecule has 0 radical (unpaired) electrons. The van der Waals surface area contributed by atoms with Crippen molar-refractivity contribution in [2.45, 2.75) is 37.6 Å². The van der Waals surface area contributed by atoms with Crippen molar-refractivity contribution in [2.24, 2.45) is 5.92 Å². The molecule has 3 aromatic rings. The van der Waals surface area contributed by atoms with Gasteiger partial charge in [0.2, 0.25) is 0 Å². The zero-order valence-corrected chi connectivity index (χ0v) is 21.8. The predicted octanol–water partition coefficient (Wildman–Crippen LogP) is 6.59. The van der Waals surface area contributed by atoms with Crippen LogP contribution in [0, 0.1) is 11.7 Å². The number of hydrogen-bond donors (Lipinski definition) is 2. The summed E-state index contributed by atoms with van der Waals surface area (Å²) < 4.78 is 24.1. The van der Waals surface area contributed by atoms with Gasteiger partial charge in [0.05, 0.1) is 11.5 Å². The fourth-order valence-electron chi connectivity index (χ4n) is 3.81. The summed E-state index contributed by atoms with van der Waals surface area (Å²) in [4.78, 5) is 2.96. The third kappa shape index (κ3) is 8.95. The van der Waals surface area contributed by atoms with Crippen LogP contribution in [0.3, 0.4) is 0 Å². The lowest BCUT2D eigenvalue weighted by atomic mass is 9.98. The van der Waals surface area contributed by atoms with E-state index in [1.54, 1.807) is 30.3 Å². The van der Waals surface area contributed by atoms with Gasteiger partial charge in [-0.05, 0) is 75.2 Å². The average Bonchev–Trinajstić information content (AvgIpc) is 2.92. The lowest BCUT2D eigenvalue weighted by Gasteiger charge is -2.34. The number of aromatic hydroxyl groups is 2. The summed E-state index contributed by atoms with van der Waals surface area (Å²) in [6, 6.07) is 22.2. The van der Waals surface area contributed by atoms with Crippen LogP contribution in [0.15, 0.2) is 77.7 Å². The molecule has 2 aliphatic rings. The number of fused-ring (bicyclic) bond motifs is 1. The molecule has 1 atom stereocenters. The molecule has 5 nitrogen and oxygen atoms in total. The normalized spacial score (nSPS) is 16.2. The first-order valence-corrected chi connectivity index (χ1v) is 13.4. The number of ether oxygens (including phenoxy) is 2. The van der Waals surface area contributed by atoms with Crippen molar-refractivity contribution >= 4 is 11.8 Å². The molecule has 2 N–H and O–H groups in total. The number of piperidine rings is 1. The number of rotatable bonds is 4. The second kappa shape index (κ2) is 14.6. The van der Waals surface area contributed by atoms with Crippen LogP contribution in [0.2, 0.25) is 0 Å². The molecule has 0 aromatic heterocycles. The Labute approximate surface area is 217 Å². The summed E-state index contributed by atoms with van der Waals surface area (Å²) >= 11 is 1.37. The van der Waals surface area contributed by atoms with Crippen molar-refractivity contribution in [2.75, 3.05) is 32.1 Å². The van der Waals surface area contributed by atoms with Gasteiger partial charge in [-0.3, -0.25) is 4.90 Å². The molecule has 2 heterocycles. The number of phenolic OH excluding ortho intramolecular Hbond substituents is 2. The first kappa shape index (κ1) is 27.7. The van der Waals surface area contributed by atoms with Crippen molar-refractivity contribution in [3.05, 3.63) is 78.6 Å². The maximum Gasteiger partial charge on any atom is 0.182 e. The summed E-state index contributed by atoms with van der Waals surface area (Å²) in [5, 5.41) is 17.7. The maximum absolute atomic E-state index is 13.1. The molecule has 1 saturated heterocycles. The average molecular weight is 514 g/mol. The van der Waals surface area contributed by atoms with E-state index in [1.165, 1.54) is 43.8 Å². The number of phenols is 2. The van der Waals surface area contributed by atoms with Crippen molar-refractivity contribution < 1.29 is 24.1 Å². The highest BCUT2D eigenvalue weighted by Crippen LogP contribution is 2.38. The number of para-hydroxylation sites is 2. The third-order valence-electron chi connectivity index (χ3n) is 6.06. The summed E-state index contributed by atoms with van der Waals surface area (Å²) in [5.41, 5.74) is 0. The minimum absolute atomic E-state index is 0.313. The number of thioether (sulfide) groups is 1. The van der Waals surface area contributed by atoms with Crippen molar-refractivity contribution in [3.63, 3.8) is 0 Å². The van der Waals surface area contributed by atoms with Gasteiger partial charge in [0.25, 0.3) is 0 Å². The second-order valence-electron chi connectivity index (χ2n) is 8.95. The largest absolute Gasteiger partial charge is 0.508 e. The Balaban J connectivity index is 0.000000164. The quantitative estimate of drug-likeness (QED) is 0.410. The first-order valence-electron chi connectivity index (χ1n) is 12.4. The molecule has 5 rings (SSSR count). The van der Waals surface area contributed by atoms with E-state index >= 15 is 0 Å². The predicted molar refractivity (Wildman–Crippen MR) is 144 cm³/mol. The van der Waals surface area contributed by atoms with Crippen LogP contribution >= 0.6 is 11.8 Å². The van der Waals surface area contributed by atoms with Gasteiger partial charge < -0.3 is 19.7 Å². The van der Waals surface area contributed by atoms with E-state index in [4.69, 9.17) is 19.7 Å². The summed E-state index contributed by atoms with van der Waals surface area (Å²) in [6.45, 7) is 8.45. The van der Waals surface area contributed by atoms with Gasteiger partial charge >= 0.3 is 0 Å². The van der Waals surface area contributed by atoms with E-state index < -0.39 is 5.82 Å². The number of halogens is 1. The summed E-state index contributed by atoms with van der Waals surface area (Å²) in [6.07, 6.45) is 2.66. The zero-order chi connectivity index (χ0) is 25.8. The lowest BCUT2D eigenvalue weighted by molar-refractivity contribution is 0.108. The molecule has 0 bridgehead atoms. The molecule has 194 valence electrons. The van der Waals surface area contributed by atoms with Gasteiger partial charge in [-0.1, -0.05) is 43.3 Å². The summed E-state index contributed by atoms with van der Waals surface area (Å²) in [7, 11) is 0. The lowest BCUT2D eigenvalue weighted by Crippen LogP contribution is -2.42.